The van der Waals surface area contributed by atoms with E-state index in [0.717, 1.165) is 18.4 Å². The lowest BCUT2D eigenvalue weighted by atomic mass is 9.96. The van der Waals surface area contributed by atoms with E-state index in [2.05, 4.69) is 5.32 Å². The third-order valence-electron chi connectivity index (χ3n) is 4.31. The molecule has 2 aliphatic rings. The Bertz CT molecular complexity index is 525. The minimum Gasteiger partial charge on any atom is -0.493 e. The number of carbonyl (C=O) groups excluding carboxylic acids is 1. The molecule has 1 aromatic carbocycles. The molecule has 1 heterocycles. The first kappa shape index (κ1) is 14.2. The molecule has 3 rings (SSSR count). The normalized spacial score (nSPS) is 25.9. The molecule has 5 nitrogen and oxygen atoms in total. The van der Waals surface area contributed by atoms with E-state index in [1.807, 2.05) is 18.2 Å². The number of hydrogen-bond donors (Lipinski definition) is 2. The van der Waals surface area contributed by atoms with Crippen molar-refractivity contribution in [1.29, 1.82) is 0 Å². The highest BCUT2D eigenvalue weighted by Gasteiger charge is 2.32. The molecule has 0 radical (unpaired) electrons. The SMILES string of the molecule is COc1ccc([C@@H]2CC(=O)N[C@@H]2O)cc1OC1CCCC1. The zero-order chi connectivity index (χ0) is 14.8. The van der Waals surface area contributed by atoms with Crippen LogP contribution in [0.3, 0.4) is 0 Å². The van der Waals surface area contributed by atoms with Crippen LogP contribution >= 0.6 is 0 Å². The van der Waals surface area contributed by atoms with Gasteiger partial charge in [-0.05, 0) is 43.4 Å². The van der Waals surface area contributed by atoms with Crippen LogP contribution in [0.4, 0.5) is 0 Å². The second-order valence-corrected chi connectivity index (χ2v) is 5.76. The van der Waals surface area contributed by atoms with Gasteiger partial charge in [0.1, 0.15) is 6.23 Å². The number of ether oxygens (including phenoxy) is 2. The molecule has 1 aliphatic heterocycles. The van der Waals surface area contributed by atoms with Crippen molar-refractivity contribution in [2.75, 3.05) is 7.11 Å². The zero-order valence-corrected chi connectivity index (χ0v) is 12.2. The predicted octanol–water partition coefficient (Wildman–Crippen LogP) is 1.94. The Labute approximate surface area is 124 Å². The maximum absolute atomic E-state index is 11.4. The van der Waals surface area contributed by atoms with Crippen LogP contribution in [-0.4, -0.2) is 30.5 Å². The number of aliphatic hydroxyl groups excluding tert-OH is 1. The summed E-state index contributed by atoms with van der Waals surface area (Å²) < 4.78 is 11.4. The van der Waals surface area contributed by atoms with Gasteiger partial charge in [0.2, 0.25) is 5.91 Å². The van der Waals surface area contributed by atoms with Gasteiger partial charge in [-0.1, -0.05) is 6.07 Å². The molecule has 0 unspecified atom stereocenters. The van der Waals surface area contributed by atoms with Gasteiger partial charge < -0.3 is 19.9 Å². The van der Waals surface area contributed by atoms with Crippen molar-refractivity contribution in [1.82, 2.24) is 5.32 Å². The van der Waals surface area contributed by atoms with E-state index in [1.54, 1.807) is 7.11 Å². The molecule has 2 fully saturated rings. The van der Waals surface area contributed by atoms with E-state index in [9.17, 15) is 9.90 Å². The minimum atomic E-state index is -0.828. The molecule has 2 atom stereocenters. The van der Waals surface area contributed by atoms with Crippen LogP contribution in [0.25, 0.3) is 0 Å². The van der Waals surface area contributed by atoms with E-state index in [4.69, 9.17) is 9.47 Å². The summed E-state index contributed by atoms with van der Waals surface area (Å²) in [5.41, 5.74) is 0.898. The molecule has 0 spiro atoms. The second-order valence-electron chi connectivity index (χ2n) is 5.76. The van der Waals surface area contributed by atoms with Crippen molar-refractivity contribution in [3.05, 3.63) is 23.8 Å². The zero-order valence-electron chi connectivity index (χ0n) is 12.2. The van der Waals surface area contributed by atoms with E-state index >= 15 is 0 Å². The standard InChI is InChI=1S/C16H21NO4/c1-20-13-7-6-10(12-9-15(18)17-16(12)19)8-14(13)21-11-4-2-3-5-11/h6-8,11-12,16,19H,2-5,9H2,1H3,(H,17,18)/t12-,16+/m0/s1. The van der Waals surface area contributed by atoms with Crippen molar-refractivity contribution in [2.24, 2.45) is 0 Å². The molecule has 1 saturated heterocycles. The smallest absolute Gasteiger partial charge is 0.222 e. The fourth-order valence-electron chi connectivity index (χ4n) is 3.14. The summed E-state index contributed by atoms with van der Waals surface area (Å²) in [5.74, 6) is 1.04. The molecule has 1 aromatic rings. The number of nitrogens with one attached hydrogen (secondary N) is 1. The summed E-state index contributed by atoms with van der Waals surface area (Å²) in [6.07, 6.45) is 4.25. The maximum Gasteiger partial charge on any atom is 0.222 e. The Morgan fingerprint density at radius 2 is 2.00 bits per heavy atom. The van der Waals surface area contributed by atoms with Crippen LogP contribution in [0.2, 0.25) is 0 Å². The summed E-state index contributed by atoms with van der Waals surface area (Å²) in [7, 11) is 1.62. The molecule has 0 aromatic heterocycles. The number of rotatable bonds is 4. The predicted molar refractivity (Wildman–Crippen MR) is 77.4 cm³/mol. The van der Waals surface area contributed by atoms with Crippen LogP contribution in [0, 0.1) is 0 Å². The average molecular weight is 291 g/mol. The third kappa shape index (κ3) is 2.97. The molecule has 114 valence electrons. The average Bonchev–Trinajstić information content (AvgIpc) is 3.08. The Balaban J connectivity index is 1.83. The van der Waals surface area contributed by atoms with Crippen molar-refractivity contribution in [3.63, 3.8) is 0 Å². The number of methoxy groups -OCH3 is 1. The van der Waals surface area contributed by atoms with Crippen molar-refractivity contribution >= 4 is 5.91 Å². The highest BCUT2D eigenvalue weighted by molar-refractivity contribution is 5.80. The highest BCUT2D eigenvalue weighted by atomic mass is 16.5. The first-order valence-corrected chi connectivity index (χ1v) is 7.49. The van der Waals surface area contributed by atoms with Crippen LogP contribution in [-0.2, 0) is 4.79 Å². The second kappa shape index (κ2) is 5.93. The van der Waals surface area contributed by atoms with Crippen molar-refractivity contribution < 1.29 is 19.4 Å². The number of aliphatic hydroxyl groups is 1. The number of carbonyl (C=O) groups is 1. The molecule has 21 heavy (non-hydrogen) atoms. The van der Waals surface area contributed by atoms with Crippen LogP contribution < -0.4 is 14.8 Å². The molecule has 1 aliphatic carbocycles. The number of hydrogen-bond acceptors (Lipinski definition) is 4. The van der Waals surface area contributed by atoms with E-state index < -0.39 is 6.23 Å². The maximum atomic E-state index is 11.4. The fraction of sp³-hybridized carbons (Fsp3) is 0.562. The summed E-state index contributed by atoms with van der Waals surface area (Å²) in [6.45, 7) is 0. The lowest BCUT2D eigenvalue weighted by Crippen LogP contribution is -2.27. The molecule has 1 amide bonds. The third-order valence-corrected chi connectivity index (χ3v) is 4.31. The quantitative estimate of drug-likeness (QED) is 0.889. The van der Waals surface area contributed by atoms with Gasteiger partial charge in [-0.25, -0.2) is 0 Å². The Kier molecular flexibility index (Phi) is 4.01. The summed E-state index contributed by atoms with van der Waals surface area (Å²) in [6, 6.07) is 5.62. The summed E-state index contributed by atoms with van der Waals surface area (Å²) in [5, 5.41) is 12.4. The molecule has 5 heteroatoms. The number of amides is 1. The van der Waals surface area contributed by atoms with Gasteiger partial charge in [0.25, 0.3) is 0 Å². The fourth-order valence-corrected chi connectivity index (χ4v) is 3.14. The van der Waals surface area contributed by atoms with E-state index in [0.29, 0.717) is 17.9 Å². The van der Waals surface area contributed by atoms with Gasteiger partial charge in [0.05, 0.1) is 13.2 Å². The van der Waals surface area contributed by atoms with Gasteiger partial charge in [-0.3, -0.25) is 4.79 Å². The number of benzene rings is 1. The van der Waals surface area contributed by atoms with Gasteiger partial charge in [0.15, 0.2) is 11.5 Å². The molecular weight excluding hydrogens is 270 g/mol. The Morgan fingerprint density at radius 1 is 1.24 bits per heavy atom. The van der Waals surface area contributed by atoms with Gasteiger partial charge >= 0.3 is 0 Å². The van der Waals surface area contributed by atoms with Crippen molar-refractivity contribution in [2.45, 2.75) is 50.4 Å². The Morgan fingerprint density at radius 3 is 2.62 bits per heavy atom. The minimum absolute atomic E-state index is 0.124. The van der Waals surface area contributed by atoms with Gasteiger partial charge in [-0.2, -0.15) is 0 Å². The Hall–Kier alpha value is -1.75. The largest absolute Gasteiger partial charge is 0.493 e. The van der Waals surface area contributed by atoms with Crippen LogP contribution in [0.15, 0.2) is 18.2 Å². The lowest BCUT2D eigenvalue weighted by Gasteiger charge is -2.19. The van der Waals surface area contributed by atoms with E-state index in [1.165, 1.54) is 12.8 Å². The first-order valence-electron chi connectivity index (χ1n) is 7.49. The van der Waals surface area contributed by atoms with Crippen LogP contribution in [0.1, 0.15) is 43.6 Å². The van der Waals surface area contributed by atoms with Crippen LogP contribution in [0.5, 0.6) is 11.5 Å². The monoisotopic (exact) mass is 291 g/mol. The van der Waals surface area contributed by atoms with Gasteiger partial charge in [-0.15, -0.1) is 0 Å². The molecular formula is C16H21NO4. The molecule has 0 bridgehead atoms. The van der Waals surface area contributed by atoms with E-state index in [-0.39, 0.29) is 17.9 Å². The topological polar surface area (TPSA) is 67.8 Å². The van der Waals surface area contributed by atoms with Crippen molar-refractivity contribution in [3.8, 4) is 11.5 Å². The summed E-state index contributed by atoms with van der Waals surface area (Å²) >= 11 is 0. The lowest BCUT2D eigenvalue weighted by molar-refractivity contribution is -0.120. The highest BCUT2D eigenvalue weighted by Crippen LogP contribution is 2.36. The summed E-state index contributed by atoms with van der Waals surface area (Å²) in [4.78, 5) is 11.4. The molecule has 1 saturated carbocycles. The molecule has 2 N–H and O–H groups in total. The van der Waals surface area contributed by atoms with Gasteiger partial charge in [0, 0.05) is 12.3 Å². The first-order chi connectivity index (χ1) is 10.2.